The fourth-order valence-electron chi connectivity index (χ4n) is 1.89. The van der Waals surface area contributed by atoms with Gasteiger partial charge in [-0.05, 0) is 0 Å². The Hall–Kier alpha value is -0.850. The largest absolute Gasteiger partial charge is 0.378 e. The van der Waals surface area contributed by atoms with Crippen molar-refractivity contribution in [3.8, 4) is 0 Å². The second-order valence-electron chi connectivity index (χ2n) is 3.99. The van der Waals surface area contributed by atoms with E-state index < -0.39 is 0 Å². The highest BCUT2D eigenvalue weighted by Crippen LogP contribution is 2.01. The number of nitrogens with zero attached hydrogens (tertiary/aromatic N) is 2. The van der Waals surface area contributed by atoms with Crippen molar-refractivity contribution in [3.05, 3.63) is 0 Å². The number of rotatable bonds is 2. The minimum absolute atomic E-state index is 0. The maximum Gasteiger partial charge on any atom is 0.242 e. The zero-order valence-corrected chi connectivity index (χ0v) is 10.5. The molecule has 0 aromatic heterocycles. The topological polar surface area (TPSA) is 61.9 Å². The molecule has 0 saturated carbocycles. The number of hydrogen-bond donors (Lipinski definition) is 1. The summed E-state index contributed by atoms with van der Waals surface area (Å²) in [5.41, 5.74) is 0. The molecule has 0 aromatic carbocycles. The van der Waals surface area contributed by atoms with Crippen LogP contribution in [-0.4, -0.2) is 74.1 Å². The number of carbonyl (C=O) groups is 2. The fourth-order valence-corrected chi connectivity index (χ4v) is 1.89. The zero-order chi connectivity index (χ0) is 11.4. The normalized spacial score (nSPS) is 21.1. The second-order valence-corrected chi connectivity index (χ2v) is 3.99. The van der Waals surface area contributed by atoms with Crippen molar-refractivity contribution < 1.29 is 14.3 Å². The summed E-state index contributed by atoms with van der Waals surface area (Å²) in [6, 6.07) is 0. The SMILES string of the molecule is Cl.O=C(CN1CCNCC1=O)N1CCOCC1. The Morgan fingerprint density at radius 2 is 2.00 bits per heavy atom. The monoisotopic (exact) mass is 263 g/mol. The van der Waals surface area contributed by atoms with Crippen LogP contribution in [0.25, 0.3) is 0 Å². The van der Waals surface area contributed by atoms with Gasteiger partial charge in [0.1, 0.15) is 0 Å². The molecule has 0 unspecified atom stereocenters. The third kappa shape index (κ3) is 3.83. The van der Waals surface area contributed by atoms with Gasteiger partial charge in [-0.15, -0.1) is 12.4 Å². The maximum atomic E-state index is 11.9. The van der Waals surface area contributed by atoms with Gasteiger partial charge < -0.3 is 19.9 Å². The van der Waals surface area contributed by atoms with Gasteiger partial charge in [-0.1, -0.05) is 0 Å². The first kappa shape index (κ1) is 14.2. The molecule has 98 valence electrons. The van der Waals surface area contributed by atoms with E-state index in [2.05, 4.69) is 5.32 Å². The Kier molecular flexibility index (Phi) is 5.67. The molecule has 2 amide bonds. The molecule has 7 heteroatoms. The second kappa shape index (κ2) is 6.78. The van der Waals surface area contributed by atoms with Crippen LogP contribution in [0.5, 0.6) is 0 Å². The summed E-state index contributed by atoms with van der Waals surface area (Å²) in [5.74, 6) is 0.0337. The molecule has 17 heavy (non-hydrogen) atoms. The summed E-state index contributed by atoms with van der Waals surface area (Å²) in [7, 11) is 0. The molecular formula is C10H18ClN3O3. The van der Waals surface area contributed by atoms with Gasteiger partial charge in [0.2, 0.25) is 11.8 Å². The molecule has 2 heterocycles. The van der Waals surface area contributed by atoms with E-state index in [4.69, 9.17) is 4.74 Å². The van der Waals surface area contributed by atoms with Crippen LogP contribution in [0.15, 0.2) is 0 Å². The van der Waals surface area contributed by atoms with Crippen molar-refractivity contribution in [2.75, 3.05) is 52.5 Å². The molecule has 0 spiro atoms. The predicted molar refractivity (Wildman–Crippen MR) is 64.1 cm³/mol. The van der Waals surface area contributed by atoms with Gasteiger partial charge in [0, 0.05) is 26.2 Å². The van der Waals surface area contributed by atoms with Crippen LogP contribution in [0.4, 0.5) is 0 Å². The van der Waals surface area contributed by atoms with Crippen LogP contribution in [0.2, 0.25) is 0 Å². The first-order chi connectivity index (χ1) is 7.77. The predicted octanol–water partition coefficient (Wildman–Crippen LogP) is -1.30. The van der Waals surface area contributed by atoms with Gasteiger partial charge in [0.05, 0.1) is 26.3 Å². The quantitative estimate of drug-likeness (QED) is 0.673. The lowest BCUT2D eigenvalue weighted by molar-refractivity contribution is -0.143. The molecule has 2 rings (SSSR count). The summed E-state index contributed by atoms with van der Waals surface area (Å²) in [6.07, 6.45) is 0. The summed E-state index contributed by atoms with van der Waals surface area (Å²) in [4.78, 5) is 26.7. The highest BCUT2D eigenvalue weighted by Gasteiger charge is 2.23. The highest BCUT2D eigenvalue weighted by atomic mass is 35.5. The average Bonchev–Trinajstić information content (AvgIpc) is 2.33. The molecule has 0 aliphatic carbocycles. The zero-order valence-electron chi connectivity index (χ0n) is 9.68. The van der Waals surface area contributed by atoms with Crippen molar-refractivity contribution in [2.24, 2.45) is 0 Å². The molecule has 0 aromatic rings. The molecule has 2 aliphatic rings. The van der Waals surface area contributed by atoms with E-state index in [0.29, 0.717) is 39.4 Å². The molecule has 0 atom stereocenters. The lowest BCUT2D eigenvalue weighted by Gasteiger charge is -2.31. The van der Waals surface area contributed by atoms with E-state index in [-0.39, 0.29) is 30.8 Å². The number of ether oxygens (including phenoxy) is 1. The van der Waals surface area contributed by atoms with Crippen LogP contribution in [-0.2, 0) is 14.3 Å². The average molecular weight is 264 g/mol. The van der Waals surface area contributed by atoms with Crippen molar-refractivity contribution in [2.45, 2.75) is 0 Å². The number of halogens is 1. The highest BCUT2D eigenvalue weighted by molar-refractivity contribution is 5.86. The fraction of sp³-hybridized carbons (Fsp3) is 0.800. The van der Waals surface area contributed by atoms with Gasteiger partial charge in [-0.2, -0.15) is 0 Å². The maximum absolute atomic E-state index is 11.9. The Bertz CT molecular complexity index is 282. The number of carbonyl (C=O) groups excluding carboxylic acids is 2. The van der Waals surface area contributed by atoms with Gasteiger partial charge in [0.15, 0.2) is 0 Å². The molecule has 1 N–H and O–H groups in total. The van der Waals surface area contributed by atoms with E-state index >= 15 is 0 Å². The van der Waals surface area contributed by atoms with Gasteiger partial charge in [-0.3, -0.25) is 9.59 Å². The molecule has 2 aliphatic heterocycles. The van der Waals surface area contributed by atoms with E-state index in [0.717, 1.165) is 6.54 Å². The van der Waals surface area contributed by atoms with Gasteiger partial charge in [0.25, 0.3) is 0 Å². The number of amides is 2. The summed E-state index contributed by atoms with van der Waals surface area (Å²) in [6.45, 7) is 4.41. The van der Waals surface area contributed by atoms with E-state index in [1.54, 1.807) is 9.80 Å². The summed E-state index contributed by atoms with van der Waals surface area (Å²) < 4.78 is 5.18. The number of morpholine rings is 1. The van der Waals surface area contributed by atoms with E-state index in [9.17, 15) is 9.59 Å². The Morgan fingerprint density at radius 3 is 2.65 bits per heavy atom. The first-order valence-electron chi connectivity index (χ1n) is 5.61. The van der Waals surface area contributed by atoms with E-state index in [1.807, 2.05) is 0 Å². The van der Waals surface area contributed by atoms with Crippen molar-refractivity contribution >= 4 is 24.2 Å². The smallest absolute Gasteiger partial charge is 0.242 e. The van der Waals surface area contributed by atoms with Crippen LogP contribution >= 0.6 is 12.4 Å². The Balaban J connectivity index is 0.00000144. The van der Waals surface area contributed by atoms with Crippen LogP contribution < -0.4 is 5.32 Å². The standard InChI is InChI=1S/C10H17N3O3.ClH/c14-9-7-11-1-2-13(9)8-10(15)12-3-5-16-6-4-12;/h11H,1-8H2;1H. The van der Waals surface area contributed by atoms with Crippen molar-refractivity contribution in [1.29, 1.82) is 0 Å². The molecule has 0 bridgehead atoms. The van der Waals surface area contributed by atoms with Crippen molar-refractivity contribution in [1.82, 2.24) is 15.1 Å². The summed E-state index contributed by atoms with van der Waals surface area (Å²) in [5, 5.41) is 2.98. The van der Waals surface area contributed by atoms with E-state index in [1.165, 1.54) is 0 Å². The molecule has 0 radical (unpaired) electrons. The third-order valence-electron chi connectivity index (χ3n) is 2.88. The Morgan fingerprint density at radius 1 is 1.29 bits per heavy atom. The number of hydrogen-bond acceptors (Lipinski definition) is 4. The number of piperazine rings is 1. The lowest BCUT2D eigenvalue weighted by atomic mass is 10.3. The van der Waals surface area contributed by atoms with Gasteiger partial charge >= 0.3 is 0 Å². The molecule has 2 saturated heterocycles. The molecular weight excluding hydrogens is 246 g/mol. The van der Waals surface area contributed by atoms with Crippen LogP contribution in [0.1, 0.15) is 0 Å². The lowest BCUT2D eigenvalue weighted by Crippen LogP contribution is -2.53. The first-order valence-corrected chi connectivity index (χ1v) is 5.61. The van der Waals surface area contributed by atoms with Crippen LogP contribution in [0.3, 0.4) is 0 Å². The van der Waals surface area contributed by atoms with Gasteiger partial charge in [-0.25, -0.2) is 0 Å². The molecule has 6 nitrogen and oxygen atoms in total. The summed E-state index contributed by atoms with van der Waals surface area (Å²) >= 11 is 0. The van der Waals surface area contributed by atoms with Crippen molar-refractivity contribution in [3.63, 3.8) is 0 Å². The number of nitrogens with one attached hydrogen (secondary N) is 1. The third-order valence-corrected chi connectivity index (χ3v) is 2.88. The minimum atomic E-state index is 0. The van der Waals surface area contributed by atoms with Crippen LogP contribution in [0, 0.1) is 0 Å². The molecule has 2 fully saturated rings. The Labute approximate surface area is 107 Å². The minimum Gasteiger partial charge on any atom is -0.378 e.